The van der Waals surface area contributed by atoms with E-state index in [2.05, 4.69) is 32.2 Å². The summed E-state index contributed by atoms with van der Waals surface area (Å²) in [5.74, 6) is 0. The summed E-state index contributed by atoms with van der Waals surface area (Å²) in [6.45, 7) is 3.48. The SMILES string of the molecule is Bc1ccc(NCCN(O)CCO)cc1C. The molecule has 0 unspecified atom stereocenters. The largest absolute Gasteiger partial charge is 0.395 e. The maximum Gasteiger partial charge on any atom is 0.139 e. The molecule has 0 aliphatic rings. The first-order valence-corrected chi connectivity index (χ1v) is 5.49. The predicted octanol–water partition coefficient (Wildman–Crippen LogP) is -0.651. The highest BCUT2D eigenvalue weighted by atomic mass is 16.5. The second-order valence-electron chi connectivity index (χ2n) is 3.90. The zero-order valence-corrected chi connectivity index (χ0v) is 9.90. The molecule has 16 heavy (non-hydrogen) atoms. The molecule has 0 aromatic heterocycles. The van der Waals surface area contributed by atoms with Crippen molar-refractivity contribution in [2.45, 2.75) is 6.92 Å². The second kappa shape index (κ2) is 6.53. The fraction of sp³-hybridized carbons (Fsp3) is 0.455. The smallest absolute Gasteiger partial charge is 0.139 e. The molecule has 1 rings (SSSR count). The van der Waals surface area contributed by atoms with Crippen LogP contribution in [0.25, 0.3) is 0 Å². The van der Waals surface area contributed by atoms with Crippen LogP contribution in [0, 0.1) is 6.92 Å². The van der Waals surface area contributed by atoms with Gasteiger partial charge in [-0.25, -0.2) is 0 Å². The number of aliphatic hydroxyl groups is 1. The summed E-state index contributed by atoms with van der Waals surface area (Å²) < 4.78 is 0. The Morgan fingerprint density at radius 2 is 2.12 bits per heavy atom. The summed E-state index contributed by atoms with van der Waals surface area (Å²) in [6.07, 6.45) is 0. The van der Waals surface area contributed by atoms with Crippen LogP contribution in [-0.4, -0.2) is 49.5 Å². The molecule has 0 bridgehead atoms. The Morgan fingerprint density at radius 3 is 2.75 bits per heavy atom. The van der Waals surface area contributed by atoms with Gasteiger partial charge in [0.15, 0.2) is 0 Å². The van der Waals surface area contributed by atoms with Gasteiger partial charge < -0.3 is 15.6 Å². The molecule has 0 heterocycles. The molecule has 4 nitrogen and oxygen atoms in total. The van der Waals surface area contributed by atoms with Crippen LogP contribution in [0.2, 0.25) is 0 Å². The van der Waals surface area contributed by atoms with E-state index >= 15 is 0 Å². The monoisotopic (exact) mass is 222 g/mol. The normalized spacial score (nSPS) is 10.8. The third-order valence-electron chi connectivity index (χ3n) is 2.56. The second-order valence-corrected chi connectivity index (χ2v) is 3.90. The van der Waals surface area contributed by atoms with Crippen LogP contribution >= 0.6 is 0 Å². The van der Waals surface area contributed by atoms with E-state index in [1.54, 1.807) is 0 Å². The maximum atomic E-state index is 9.26. The molecule has 1 aromatic carbocycles. The molecule has 3 N–H and O–H groups in total. The van der Waals surface area contributed by atoms with E-state index in [0.29, 0.717) is 13.1 Å². The average Bonchev–Trinajstić information content (AvgIpc) is 2.24. The zero-order valence-electron chi connectivity index (χ0n) is 9.90. The van der Waals surface area contributed by atoms with Crippen LogP contribution in [0.3, 0.4) is 0 Å². The summed E-state index contributed by atoms with van der Waals surface area (Å²) in [6, 6.07) is 6.18. The van der Waals surface area contributed by atoms with Gasteiger partial charge in [-0.05, 0) is 19.1 Å². The van der Waals surface area contributed by atoms with Gasteiger partial charge in [0.2, 0.25) is 0 Å². The molecular formula is C11H19BN2O2. The summed E-state index contributed by atoms with van der Waals surface area (Å²) in [4.78, 5) is 0. The standard InChI is InChI=1S/C11H19BN2O2/c1-9-8-10(2-3-11(9)12)13-4-5-14(16)6-7-15/h2-3,8,13,15-16H,4-7,12H2,1H3. The lowest BCUT2D eigenvalue weighted by Crippen LogP contribution is -2.28. The topological polar surface area (TPSA) is 55.7 Å². The van der Waals surface area contributed by atoms with Gasteiger partial charge in [-0.1, -0.05) is 17.1 Å². The first-order chi connectivity index (χ1) is 7.63. The van der Waals surface area contributed by atoms with Gasteiger partial charge in [-0.15, -0.1) is 0 Å². The summed E-state index contributed by atoms with van der Waals surface area (Å²) in [5.41, 5.74) is 3.58. The minimum absolute atomic E-state index is 0.0276. The molecule has 88 valence electrons. The molecule has 0 spiro atoms. The number of hydroxylamine groups is 2. The van der Waals surface area contributed by atoms with E-state index in [0.717, 1.165) is 10.8 Å². The lowest BCUT2D eigenvalue weighted by Gasteiger charge is -2.14. The molecule has 0 atom stereocenters. The highest BCUT2D eigenvalue weighted by molar-refractivity contribution is 6.33. The maximum absolute atomic E-state index is 9.26. The quantitative estimate of drug-likeness (QED) is 0.442. The van der Waals surface area contributed by atoms with Gasteiger partial charge in [0.25, 0.3) is 0 Å². The minimum atomic E-state index is -0.0276. The van der Waals surface area contributed by atoms with Gasteiger partial charge in [0, 0.05) is 25.3 Å². The Labute approximate surface area is 97.3 Å². The molecule has 0 saturated heterocycles. The first kappa shape index (κ1) is 13.0. The van der Waals surface area contributed by atoms with E-state index in [9.17, 15) is 5.21 Å². The number of nitrogens with one attached hydrogen (secondary N) is 1. The van der Waals surface area contributed by atoms with Crippen molar-refractivity contribution in [3.63, 3.8) is 0 Å². The van der Waals surface area contributed by atoms with E-state index in [-0.39, 0.29) is 13.2 Å². The van der Waals surface area contributed by atoms with Crippen molar-refractivity contribution in [1.29, 1.82) is 0 Å². The molecule has 0 saturated carbocycles. The van der Waals surface area contributed by atoms with Crippen LogP contribution in [0.5, 0.6) is 0 Å². The van der Waals surface area contributed by atoms with Gasteiger partial charge in [-0.3, -0.25) is 0 Å². The number of aryl methyl sites for hydroxylation is 1. The molecule has 5 heteroatoms. The Morgan fingerprint density at radius 1 is 1.38 bits per heavy atom. The van der Waals surface area contributed by atoms with Crippen molar-refractivity contribution in [3.05, 3.63) is 23.8 Å². The average molecular weight is 222 g/mol. The molecule has 1 aromatic rings. The number of aliphatic hydroxyl groups excluding tert-OH is 1. The summed E-state index contributed by atoms with van der Waals surface area (Å²) in [7, 11) is 2.08. The van der Waals surface area contributed by atoms with Gasteiger partial charge in [-0.2, -0.15) is 5.06 Å². The minimum Gasteiger partial charge on any atom is -0.395 e. The van der Waals surface area contributed by atoms with Crippen LogP contribution in [0.15, 0.2) is 18.2 Å². The molecule has 0 aliphatic heterocycles. The van der Waals surface area contributed by atoms with Crippen molar-refractivity contribution >= 4 is 19.0 Å². The Hall–Kier alpha value is -1.04. The lowest BCUT2D eigenvalue weighted by molar-refractivity contribution is -0.0947. The van der Waals surface area contributed by atoms with Crippen molar-refractivity contribution in [2.24, 2.45) is 0 Å². The Bertz CT molecular complexity index is 334. The first-order valence-electron chi connectivity index (χ1n) is 5.49. The predicted molar refractivity (Wildman–Crippen MR) is 68.3 cm³/mol. The van der Waals surface area contributed by atoms with Gasteiger partial charge in [0.05, 0.1) is 6.61 Å². The fourth-order valence-corrected chi connectivity index (χ4v) is 1.41. The number of hydrogen-bond donors (Lipinski definition) is 3. The molecule has 0 radical (unpaired) electrons. The third kappa shape index (κ3) is 4.22. The number of hydrogen-bond acceptors (Lipinski definition) is 4. The Kier molecular flexibility index (Phi) is 5.32. The highest BCUT2D eigenvalue weighted by Crippen LogP contribution is 2.06. The van der Waals surface area contributed by atoms with Crippen LogP contribution < -0.4 is 10.8 Å². The van der Waals surface area contributed by atoms with E-state index < -0.39 is 0 Å². The van der Waals surface area contributed by atoms with E-state index in [1.807, 2.05) is 6.07 Å². The van der Waals surface area contributed by atoms with Crippen molar-refractivity contribution in [2.75, 3.05) is 31.6 Å². The third-order valence-corrected chi connectivity index (χ3v) is 2.56. The molecule has 0 amide bonds. The molecule has 0 aliphatic carbocycles. The van der Waals surface area contributed by atoms with Crippen molar-refractivity contribution in [3.8, 4) is 0 Å². The molecule has 0 fully saturated rings. The number of rotatable bonds is 6. The van der Waals surface area contributed by atoms with Crippen molar-refractivity contribution in [1.82, 2.24) is 5.06 Å². The Balaban J connectivity index is 2.34. The highest BCUT2D eigenvalue weighted by Gasteiger charge is 1.99. The van der Waals surface area contributed by atoms with Crippen LogP contribution in [0.1, 0.15) is 5.56 Å². The van der Waals surface area contributed by atoms with Gasteiger partial charge >= 0.3 is 0 Å². The number of anilines is 1. The van der Waals surface area contributed by atoms with Gasteiger partial charge in [0.1, 0.15) is 7.85 Å². The molecular weight excluding hydrogens is 203 g/mol. The zero-order chi connectivity index (χ0) is 12.0. The van der Waals surface area contributed by atoms with Crippen LogP contribution in [-0.2, 0) is 0 Å². The summed E-state index contributed by atoms with van der Waals surface area (Å²) in [5, 5.41) is 22.2. The van der Waals surface area contributed by atoms with E-state index in [4.69, 9.17) is 5.11 Å². The van der Waals surface area contributed by atoms with E-state index in [1.165, 1.54) is 11.0 Å². The van der Waals surface area contributed by atoms with Crippen LogP contribution in [0.4, 0.5) is 5.69 Å². The summed E-state index contributed by atoms with van der Waals surface area (Å²) >= 11 is 0. The number of nitrogens with zero attached hydrogens (tertiary/aromatic N) is 1. The fourth-order valence-electron chi connectivity index (χ4n) is 1.41. The lowest BCUT2D eigenvalue weighted by atomic mass is 9.91. The van der Waals surface area contributed by atoms with Crippen molar-refractivity contribution < 1.29 is 10.3 Å². The number of benzene rings is 1.